The molecular weight excluding hydrogens is 289 g/mol. The van der Waals surface area contributed by atoms with Gasteiger partial charge in [-0.25, -0.2) is 0 Å². The van der Waals surface area contributed by atoms with Crippen molar-refractivity contribution in [1.82, 2.24) is 0 Å². The third kappa shape index (κ3) is 2.42. The number of nitrogens with zero attached hydrogens (tertiary/aromatic N) is 1. The smallest absolute Gasteiger partial charge is 0.306 e. The van der Waals surface area contributed by atoms with Crippen LogP contribution in [0.4, 0.5) is 9.80 Å². The third-order valence-electron chi connectivity index (χ3n) is 4.19. The summed E-state index contributed by atoms with van der Waals surface area (Å²) in [5.74, 6) is 0. The van der Waals surface area contributed by atoms with Crippen LogP contribution in [0.25, 0.3) is 10.8 Å². The highest BCUT2D eigenvalue weighted by Gasteiger charge is 2.35. The van der Waals surface area contributed by atoms with Crippen LogP contribution < -0.4 is 15.3 Å². The summed E-state index contributed by atoms with van der Waals surface area (Å²) in [6.07, 6.45) is 0. The minimum absolute atomic E-state index is 0.816. The van der Waals surface area contributed by atoms with Gasteiger partial charge in [0.15, 0.2) is 0 Å². The molecular formula is C19H20FNSi. The lowest BCUT2D eigenvalue weighted by Crippen LogP contribution is -2.52. The predicted molar refractivity (Wildman–Crippen MR) is 96.7 cm³/mol. The van der Waals surface area contributed by atoms with Crippen LogP contribution in [0.15, 0.2) is 66.7 Å². The summed E-state index contributed by atoms with van der Waals surface area (Å²) in [6.45, 7) is 1.78. The fourth-order valence-electron chi connectivity index (χ4n) is 2.99. The van der Waals surface area contributed by atoms with Gasteiger partial charge in [0.2, 0.25) is 0 Å². The molecule has 112 valence electrons. The zero-order chi connectivity index (χ0) is 15.7. The summed E-state index contributed by atoms with van der Waals surface area (Å²) in [7, 11) is 0.786. The molecule has 1 nitrogen and oxygen atoms in total. The SMILES string of the molecule is CN(C)c1cccc2cccc([Si@@](C)(F)c3ccccc3)c12. The van der Waals surface area contributed by atoms with Gasteiger partial charge in [0.25, 0.3) is 0 Å². The van der Waals surface area contributed by atoms with Gasteiger partial charge in [-0.3, -0.25) is 0 Å². The van der Waals surface area contributed by atoms with E-state index < -0.39 is 8.41 Å². The molecule has 0 aliphatic rings. The highest BCUT2D eigenvalue weighted by atomic mass is 28.4. The lowest BCUT2D eigenvalue weighted by atomic mass is 10.1. The predicted octanol–water partition coefficient (Wildman–Crippen LogP) is 3.56. The number of anilines is 1. The molecule has 3 aromatic carbocycles. The molecule has 0 saturated carbocycles. The normalized spacial score (nSPS) is 13.8. The molecule has 0 bridgehead atoms. The second-order valence-corrected chi connectivity index (χ2v) is 9.07. The molecule has 0 spiro atoms. The van der Waals surface area contributed by atoms with Crippen LogP contribution in [-0.2, 0) is 0 Å². The molecule has 0 heterocycles. The number of fused-ring (bicyclic) bond motifs is 1. The van der Waals surface area contributed by atoms with Gasteiger partial charge in [-0.05, 0) is 28.4 Å². The molecule has 0 fully saturated rings. The highest BCUT2D eigenvalue weighted by Crippen LogP contribution is 2.26. The molecule has 3 rings (SSSR count). The van der Waals surface area contributed by atoms with Crippen LogP contribution in [0.2, 0.25) is 6.55 Å². The van der Waals surface area contributed by atoms with Crippen molar-refractivity contribution in [1.29, 1.82) is 0 Å². The minimum Gasteiger partial charge on any atom is -0.377 e. The largest absolute Gasteiger partial charge is 0.377 e. The maximum atomic E-state index is 15.8. The Morgan fingerprint density at radius 3 is 2.09 bits per heavy atom. The number of hydrogen-bond donors (Lipinski definition) is 0. The van der Waals surface area contributed by atoms with Gasteiger partial charge in [0.05, 0.1) is 0 Å². The molecule has 0 unspecified atom stereocenters. The standard InChI is InChI=1S/C19H20FNSi/c1-21(2)17-13-7-9-15-10-8-14-18(19(15)17)22(3,20)16-11-5-4-6-12-16/h4-14H,1-3H3/t22-/m0/s1. The first-order valence-electron chi connectivity index (χ1n) is 7.46. The first kappa shape index (κ1) is 14.8. The van der Waals surface area contributed by atoms with Gasteiger partial charge >= 0.3 is 8.41 Å². The molecule has 1 atom stereocenters. The zero-order valence-electron chi connectivity index (χ0n) is 13.2. The van der Waals surface area contributed by atoms with Crippen LogP contribution in [0.1, 0.15) is 0 Å². The van der Waals surface area contributed by atoms with E-state index in [-0.39, 0.29) is 0 Å². The van der Waals surface area contributed by atoms with Crippen molar-refractivity contribution < 1.29 is 4.11 Å². The van der Waals surface area contributed by atoms with E-state index in [2.05, 4.69) is 23.1 Å². The minimum atomic E-state index is -3.22. The van der Waals surface area contributed by atoms with E-state index >= 15 is 4.11 Å². The van der Waals surface area contributed by atoms with Gasteiger partial charge < -0.3 is 9.01 Å². The first-order valence-corrected chi connectivity index (χ1v) is 9.83. The summed E-state index contributed by atoms with van der Waals surface area (Å²) in [6, 6.07) is 21.7. The number of benzene rings is 3. The fraction of sp³-hybridized carbons (Fsp3) is 0.158. The van der Waals surface area contributed by atoms with Crippen LogP contribution >= 0.6 is 0 Å². The number of hydrogen-bond acceptors (Lipinski definition) is 1. The van der Waals surface area contributed by atoms with Crippen molar-refractivity contribution in [2.24, 2.45) is 0 Å². The maximum Gasteiger partial charge on any atom is 0.306 e. The van der Waals surface area contributed by atoms with E-state index in [9.17, 15) is 0 Å². The molecule has 0 N–H and O–H groups in total. The number of rotatable bonds is 3. The van der Waals surface area contributed by atoms with Crippen molar-refractivity contribution in [3.63, 3.8) is 0 Å². The van der Waals surface area contributed by atoms with E-state index in [0.29, 0.717) is 0 Å². The summed E-state index contributed by atoms with van der Waals surface area (Å²) >= 11 is 0. The van der Waals surface area contributed by atoms with Crippen molar-refractivity contribution in [2.45, 2.75) is 6.55 Å². The summed E-state index contributed by atoms with van der Waals surface area (Å²) in [4.78, 5) is 2.06. The van der Waals surface area contributed by atoms with Gasteiger partial charge in [-0.1, -0.05) is 60.7 Å². The Hall–Kier alpha value is -2.13. The molecule has 22 heavy (non-hydrogen) atoms. The van der Waals surface area contributed by atoms with Gasteiger partial charge in [0.1, 0.15) is 0 Å². The Balaban J connectivity index is 2.31. The Bertz CT molecular complexity index is 792. The van der Waals surface area contributed by atoms with Crippen LogP contribution in [0.3, 0.4) is 0 Å². The Kier molecular flexibility index (Phi) is 3.75. The molecule has 0 saturated heterocycles. The molecule has 3 aromatic rings. The lowest BCUT2D eigenvalue weighted by Gasteiger charge is -2.24. The van der Waals surface area contributed by atoms with Crippen LogP contribution in [-0.4, -0.2) is 22.5 Å². The van der Waals surface area contributed by atoms with E-state index in [0.717, 1.165) is 26.8 Å². The first-order chi connectivity index (χ1) is 10.5. The average molecular weight is 309 g/mol. The second-order valence-electron chi connectivity index (χ2n) is 5.94. The van der Waals surface area contributed by atoms with Gasteiger partial charge in [0, 0.05) is 25.2 Å². The van der Waals surface area contributed by atoms with Crippen molar-refractivity contribution in [3.8, 4) is 0 Å². The van der Waals surface area contributed by atoms with Gasteiger partial charge in [-0.2, -0.15) is 0 Å². The van der Waals surface area contributed by atoms with E-state index in [1.165, 1.54) is 0 Å². The number of halogens is 1. The average Bonchev–Trinajstić information content (AvgIpc) is 2.54. The summed E-state index contributed by atoms with van der Waals surface area (Å²) in [5.41, 5.74) is 1.07. The topological polar surface area (TPSA) is 3.24 Å². The second kappa shape index (κ2) is 5.58. The van der Waals surface area contributed by atoms with Gasteiger partial charge in [-0.15, -0.1) is 0 Å². The molecule has 0 radical (unpaired) electrons. The van der Waals surface area contributed by atoms with E-state index in [1.54, 1.807) is 6.55 Å². The Morgan fingerprint density at radius 2 is 1.45 bits per heavy atom. The van der Waals surface area contributed by atoms with Crippen molar-refractivity contribution >= 4 is 35.2 Å². The van der Waals surface area contributed by atoms with Crippen LogP contribution in [0.5, 0.6) is 0 Å². The summed E-state index contributed by atoms with van der Waals surface area (Å²) in [5, 5.41) is 3.79. The molecule has 0 aromatic heterocycles. The van der Waals surface area contributed by atoms with E-state index in [4.69, 9.17) is 0 Å². The van der Waals surface area contributed by atoms with Crippen molar-refractivity contribution in [3.05, 3.63) is 66.7 Å². The van der Waals surface area contributed by atoms with E-state index in [1.807, 2.05) is 62.6 Å². The Morgan fingerprint density at radius 1 is 0.818 bits per heavy atom. The fourth-order valence-corrected chi connectivity index (χ4v) is 5.27. The monoisotopic (exact) mass is 309 g/mol. The lowest BCUT2D eigenvalue weighted by molar-refractivity contribution is 0.833. The summed E-state index contributed by atoms with van der Waals surface area (Å²) < 4.78 is 15.8. The third-order valence-corrected chi connectivity index (χ3v) is 7.03. The Labute approximate surface area is 132 Å². The van der Waals surface area contributed by atoms with Crippen LogP contribution in [0, 0.1) is 0 Å². The highest BCUT2D eigenvalue weighted by molar-refractivity contribution is 6.97. The molecule has 0 aliphatic carbocycles. The molecule has 3 heteroatoms. The maximum absolute atomic E-state index is 15.8. The zero-order valence-corrected chi connectivity index (χ0v) is 14.2. The quantitative estimate of drug-likeness (QED) is 0.528. The molecule has 0 aliphatic heterocycles. The van der Waals surface area contributed by atoms with Crippen molar-refractivity contribution in [2.75, 3.05) is 19.0 Å². The molecule has 0 amide bonds.